The van der Waals surface area contributed by atoms with Crippen LogP contribution in [-0.4, -0.2) is 52.8 Å². The summed E-state index contributed by atoms with van der Waals surface area (Å²) in [4.78, 5) is 44.1. The fourth-order valence-electron chi connectivity index (χ4n) is 1.73. The lowest BCUT2D eigenvalue weighted by Crippen LogP contribution is -2.38. The summed E-state index contributed by atoms with van der Waals surface area (Å²) < 4.78 is 18.8. The monoisotopic (exact) mass is 449 g/mol. The molecule has 0 unspecified atom stereocenters. The molecule has 0 aliphatic rings. The Hall–Kier alpha value is -2.52. The second kappa shape index (κ2) is 12.4. The third-order valence-corrected chi connectivity index (χ3v) is 2.93. The summed E-state index contributed by atoms with van der Waals surface area (Å²) >= 11 is 0. The Kier molecular flexibility index (Phi) is 12.2. The fourth-order valence-corrected chi connectivity index (χ4v) is 1.73. The lowest BCUT2D eigenvalue weighted by molar-refractivity contribution is -0.143. The molecule has 10 heteroatoms. The van der Waals surface area contributed by atoms with E-state index in [1.54, 1.807) is 76.2 Å². The van der Waals surface area contributed by atoms with Crippen LogP contribution in [0.2, 0.25) is 0 Å². The van der Waals surface area contributed by atoms with Crippen LogP contribution >= 0.6 is 0 Å². The molecule has 1 amide bonds. The molecule has 0 saturated carbocycles. The number of alkyl carbamates (subject to hydrolysis) is 1. The SMILES string of the molecule is CC(C)(C)OC(=O)OC(=O)OC(C)(C)C.CC(C)[C@@H](CNC(=O)OC(C)(C)C)C(=O)O. The van der Waals surface area contributed by atoms with Crippen molar-refractivity contribution in [2.75, 3.05) is 6.54 Å². The van der Waals surface area contributed by atoms with Gasteiger partial charge >= 0.3 is 24.4 Å². The van der Waals surface area contributed by atoms with Gasteiger partial charge in [-0.15, -0.1) is 0 Å². The van der Waals surface area contributed by atoms with Crippen molar-refractivity contribution in [1.82, 2.24) is 5.32 Å². The zero-order valence-corrected chi connectivity index (χ0v) is 20.6. The molecular weight excluding hydrogens is 410 g/mol. The molecule has 0 aliphatic carbocycles. The Morgan fingerprint density at radius 3 is 1.35 bits per heavy atom. The second-order valence-electron chi connectivity index (χ2n) is 10.1. The van der Waals surface area contributed by atoms with E-state index in [2.05, 4.69) is 10.1 Å². The molecule has 0 bridgehead atoms. The Bertz CT molecular complexity index is 582. The highest BCUT2D eigenvalue weighted by atomic mass is 16.8. The minimum Gasteiger partial charge on any atom is -0.481 e. The molecule has 0 aliphatic heterocycles. The van der Waals surface area contributed by atoms with Crippen LogP contribution < -0.4 is 5.32 Å². The van der Waals surface area contributed by atoms with Crippen molar-refractivity contribution in [3.8, 4) is 0 Å². The average Bonchev–Trinajstić information content (AvgIpc) is 2.40. The zero-order valence-electron chi connectivity index (χ0n) is 20.6. The van der Waals surface area contributed by atoms with Crippen LogP contribution in [0.4, 0.5) is 14.4 Å². The van der Waals surface area contributed by atoms with Crippen molar-refractivity contribution in [3.63, 3.8) is 0 Å². The van der Waals surface area contributed by atoms with Crippen molar-refractivity contribution in [1.29, 1.82) is 0 Å². The largest absolute Gasteiger partial charge is 0.519 e. The van der Waals surface area contributed by atoms with E-state index in [1.807, 2.05) is 0 Å². The van der Waals surface area contributed by atoms with Gasteiger partial charge in [0.2, 0.25) is 0 Å². The van der Waals surface area contributed by atoms with E-state index in [0.29, 0.717) is 0 Å². The van der Waals surface area contributed by atoms with E-state index < -0.39 is 47.1 Å². The van der Waals surface area contributed by atoms with Gasteiger partial charge in [0.25, 0.3) is 0 Å². The van der Waals surface area contributed by atoms with Gasteiger partial charge in [-0.25, -0.2) is 14.4 Å². The summed E-state index contributed by atoms with van der Waals surface area (Å²) in [6, 6.07) is 0. The maximum absolute atomic E-state index is 11.3. The standard InChI is InChI=1S/C11H21NO4.C10H18O5/c1-7(2)8(9(13)14)6-12-10(15)16-11(3,4)5;1-9(2,3)14-7(11)13-8(12)15-10(4,5)6/h7-8H,6H2,1-5H3,(H,12,15)(H,13,14);1-6H3/t8-;/m1./s1. The predicted molar refractivity (Wildman–Crippen MR) is 114 cm³/mol. The molecule has 0 rings (SSSR count). The van der Waals surface area contributed by atoms with E-state index in [4.69, 9.17) is 19.3 Å². The third-order valence-electron chi connectivity index (χ3n) is 2.93. The van der Waals surface area contributed by atoms with Gasteiger partial charge in [-0.05, 0) is 68.2 Å². The smallest absolute Gasteiger partial charge is 0.481 e. The fraction of sp³-hybridized carbons (Fsp3) is 0.810. The molecule has 0 fully saturated rings. The van der Waals surface area contributed by atoms with Crippen LogP contribution in [0.3, 0.4) is 0 Å². The van der Waals surface area contributed by atoms with Crippen LogP contribution in [0.25, 0.3) is 0 Å². The highest BCUT2D eigenvalue weighted by Crippen LogP contribution is 2.12. The first-order valence-corrected chi connectivity index (χ1v) is 9.96. The molecule has 31 heavy (non-hydrogen) atoms. The first-order valence-electron chi connectivity index (χ1n) is 9.96. The van der Waals surface area contributed by atoms with E-state index in [0.717, 1.165) is 0 Å². The Balaban J connectivity index is 0. The highest BCUT2D eigenvalue weighted by Gasteiger charge is 2.25. The lowest BCUT2D eigenvalue weighted by atomic mass is 9.96. The molecule has 10 nitrogen and oxygen atoms in total. The van der Waals surface area contributed by atoms with Crippen LogP contribution in [0.5, 0.6) is 0 Å². The van der Waals surface area contributed by atoms with E-state index in [9.17, 15) is 19.2 Å². The lowest BCUT2D eigenvalue weighted by Gasteiger charge is -2.21. The van der Waals surface area contributed by atoms with Gasteiger partial charge in [-0.2, -0.15) is 0 Å². The number of carbonyl (C=O) groups is 4. The van der Waals surface area contributed by atoms with Gasteiger partial charge in [0, 0.05) is 6.54 Å². The van der Waals surface area contributed by atoms with Crippen molar-refractivity contribution < 1.29 is 43.2 Å². The van der Waals surface area contributed by atoms with Crippen LogP contribution in [0.15, 0.2) is 0 Å². The van der Waals surface area contributed by atoms with Gasteiger partial charge < -0.3 is 29.4 Å². The first kappa shape index (κ1) is 30.7. The maximum atomic E-state index is 11.3. The summed E-state index contributed by atoms with van der Waals surface area (Å²) in [7, 11) is 0. The normalized spacial score (nSPS) is 12.6. The number of carbonyl (C=O) groups excluding carboxylic acids is 3. The number of ether oxygens (including phenoxy) is 4. The van der Waals surface area contributed by atoms with Crippen molar-refractivity contribution >= 4 is 24.4 Å². The van der Waals surface area contributed by atoms with Gasteiger partial charge in [-0.3, -0.25) is 4.79 Å². The number of carboxylic acids is 1. The van der Waals surface area contributed by atoms with Crippen LogP contribution in [-0.2, 0) is 23.7 Å². The Labute approximate surface area is 184 Å². The summed E-state index contributed by atoms with van der Waals surface area (Å²) in [5, 5.41) is 11.4. The number of aliphatic carboxylic acids is 1. The minimum atomic E-state index is -1.06. The molecule has 0 radical (unpaired) electrons. The summed E-state index contributed by atoms with van der Waals surface area (Å²) in [6.45, 7) is 19.0. The van der Waals surface area contributed by atoms with Crippen molar-refractivity contribution in [3.05, 3.63) is 0 Å². The maximum Gasteiger partial charge on any atom is 0.519 e. The molecule has 182 valence electrons. The molecular formula is C21H39NO9. The van der Waals surface area contributed by atoms with Crippen LogP contribution in [0, 0.1) is 11.8 Å². The van der Waals surface area contributed by atoms with Gasteiger partial charge in [-0.1, -0.05) is 13.8 Å². The van der Waals surface area contributed by atoms with Crippen molar-refractivity contribution in [2.45, 2.75) is 93.0 Å². The third kappa shape index (κ3) is 20.5. The summed E-state index contributed by atoms with van der Waals surface area (Å²) in [6.07, 6.45) is -2.70. The second-order valence-corrected chi connectivity index (χ2v) is 10.1. The molecule has 0 aromatic rings. The topological polar surface area (TPSA) is 137 Å². The predicted octanol–water partition coefficient (Wildman–Crippen LogP) is 4.74. The summed E-state index contributed by atoms with van der Waals surface area (Å²) in [5.41, 5.74) is -1.96. The van der Waals surface area contributed by atoms with Gasteiger partial charge in [0.1, 0.15) is 16.8 Å². The zero-order chi connectivity index (χ0) is 25.2. The first-order chi connectivity index (χ1) is 13.6. The van der Waals surface area contributed by atoms with Gasteiger partial charge in [0.15, 0.2) is 0 Å². The number of carboxylic acid groups (broad SMARTS) is 1. The van der Waals surface area contributed by atoms with E-state index in [1.165, 1.54) is 0 Å². The quantitative estimate of drug-likeness (QED) is 0.354. The molecule has 0 saturated heterocycles. The minimum absolute atomic E-state index is 0.0348. The molecule has 2 N–H and O–H groups in total. The highest BCUT2D eigenvalue weighted by molar-refractivity contribution is 5.77. The van der Waals surface area contributed by atoms with E-state index in [-0.39, 0.29) is 12.5 Å². The average molecular weight is 450 g/mol. The number of nitrogens with one attached hydrogen (secondary N) is 1. The Morgan fingerprint density at radius 2 is 1.10 bits per heavy atom. The molecule has 0 aromatic carbocycles. The van der Waals surface area contributed by atoms with E-state index >= 15 is 0 Å². The molecule has 0 heterocycles. The van der Waals surface area contributed by atoms with Crippen molar-refractivity contribution in [2.24, 2.45) is 11.8 Å². The molecule has 0 aromatic heterocycles. The summed E-state index contributed by atoms with van der Waals surface area (Å²) in [5.74, 6) is -1.54. The molecule has 0 spiro atoms. The number of hydrogen-bond acceptors (Lipinski definition) is 8. The van der Waals surface area contributed by atoms with Gasteiger partial charge in [0.05, 0.1) is 5.92 Å². The Morgan fingerprint density at radius 1 is 0.742 bits per heavy atom. The number of rotatable bonds is 4. The molecule has 1 atom stereocenters. The number of amides is 1. The van der Waals surface area contributed by atoms with Crippen LogP contribution in [0.1, 0.15) is 76.2 Å². The number of hydrogen-bond donors (Lipinski definition) is 2.